The van der Waals surface area contributed by atoms with Crippen LogP contribution in [0.25, 0.3) is 5.57 Å². The van der Waals surface area contributed by atoms with Gasteiger partial charge < -0.3 is 28.8 Å². The number of aliphatic hydroxyl groups excluding tert-OH is 1. The maximum absolute atomic E-state index is 12.1. The molecule has 1 N–H and O–H groups in total. The van der Waals surface area contributed by atoms with E-state index < -0.39 is 18.0 Å². The van der Waals surface area contributed by atoms with E-state index in [4.69, 9.17) is 28.8 Å². The molecule has 8 heteroatoms. The summed E-state index contributed by atoms with van der Waals surface area (Å²) in [5.74, 6) is 0.229. The largest absolute Gasteiger partial charge is 0.496 e. The fourth-order valence-electron chi connectivity index (χ4n) is 3.48. The van der Waals surface area contributed by atoms with Crippen LogP contribution in [0.1, 0.15) is 40.9 Å². The smallest absolute Gasteiger partial charge is 0.337 e. The Balaban J connectivity index is 2.48. The third kappa shape index (κ3) is 7.98. The average Bonchev–Trinajstić information content (AvgIpc) is 2.86. The van der Waals surface area contributed by atoms with E-state index in [1.54, 1.807) is 49.6 Å². The number of rotatable bonds is 13. The molecule has 0 aromatic heterocycles. The van der Waals surface area contributed by atoms with Crippen LogP contribution in [0.2, 0.25) is 0 Å². The second kappa shape index (κ2) is 13.9. The van der Waals surface area contributed by atoms with E-state index in [-0.39, 0.29) is 19.8 Å². The molecule has 0 fully saturated rings. The molecule has 0 aliphatic rings. The Kier molecular flexibility index (Phi) is 11.0. The van der Waals surface area contributed by atoms with Gasteiger partial charge >= 0.3 is 11.9 Å². The predicted molar refractivity (Wildman–Crippen MR) is 131 cm³/mol. The van der Waals surface area contributed by atoms with Gasteiger partial charge in [-0.3, -0.25) is 4.79 Å². The van der Waals surface area contributed by atoms with Crippen molar-refractivity contribution in [1.82, 2.24) is 0 Å². The zero-order chi connectivity index (χ0) is 25.8. The van der Waals surface area contributed by atoms with Crippen LogP contribution in [0, 0.1) is 0 Å². The molecular formula is C27H32O8. The van der Waals surface area contributed by atoms with E-state index in [0.717, 1.165) is 5.56 Å². The molecule has 0 heterocycles. The predicted octanol–water partition coefficient (Wildman–Crippen LogP) is 4.13. The van der Waals surface area contributed by atoms with Crippen molar-refractivity contribution in [2.24, 2.45) is 0 Å². The average molecular weight is 485 g/mol. The fraction of sp³-hybridized carbons (Fsp3) is 0.333. The first kappa shape index (κ1) is 27.6. The molecule has 0 amide bonds. The monoisotopic (exact) mass is 484 g/mol. The fourth-order valence-corrected chi connectivity index (χ4v) is 3.48. The summed E-state index contributed by atoms with van der Waals surface area (Å²) in [6.45, 7) is 5.83. The van der Waals surface area contributed by atoms with Gasteiger partial charge in [0.1, 0.15) is 24.2 Å². The lowest BCUT2D eigenvalue weighted by Crippen LogP contribution is -2.09. The maximum atomic E-state index is 12.1. The van der Waals surface area contributed by atoms with Crippen LogP contribution >= 0.6 is 0 Å². The van der Waals surface area contributed by atoms with Gasteiger partial charge in [0.05, 0.1) is 33.0 Å². The summed E-state index contributed by atoms with van der Waals surface area (Å²) in [4.78, 5) is 24.0. The van der Waals surface area contributed by atoms with Gasteiger partial charge in [0.2, 0.25) is 0 Å². The second-order valence-electron chi connectivity index (χ2n) is 7.54. The highest BCUT2D eigenvalue weighted by molar-refractivity contribution is 5.92. The van der Waals surface area contributed by atoms with Gasteiger partial charge in [0.25, 0.3) is 0 Å². The van der Waals surface area contributed by atoms with Crippen LogP contribution in [-0.2, 0) is 19.0 Å². The lowest BCUT2D eigenvalue weighted by atomic mass is 9.94. The number of esters is 2. The molecule has 0 saturated carbocycles. The van der Waals surface area contributed by atoms with Gasteiger partial charge in [-0.05, 0) is 47.0 Å². The Morgan fingerprint density at radius 1 is 1.09 bits per heavy atom. The third-order valence-electron chi connectivity index (χ3n) is 5.07. The van der Waals surface area contributed by atoms with Gasteiger partial charge in [-0.2, -0.15) is 0 Å². The van der Waals surface area contributed by atoms with Gasteiger partial charge in [-0.25, -0.2) is 4.79 Å². The molecule has 2 aromatic rings. The Morgan fingerprint density at radius 2 is 1.80 bits per heavy atom. The summed E-state index contributed by atoms with van der Waals surface area (Å²) in [5, 5.41) is 8.93. The van der Waals surface area contributed by atoms with Crippen LogP contribution in [0.5, 0.6) is 11.5 Å². The molecule has 2 rings (SSSR count). The van der Waals surface area contributed by atoms with Crippen molar-refractivity contribution < 1.29 is 38.4 Å². The Hall–Kier alpha value is -3.62. The van der Waals surface area contributed by atoms with Crippen LogP contribution in [0.3, 0.4) is 0 Å². The van der Waals surface area contributed by atoms with Crippen molar-refractivity contribution >= 4 is 17.5 Å². The Morgan fingerprint density at radius 3 is 2.37 bits per heavy atom. The van der Waals surface area contributed by atoms with Crippen molar-refractivity contribution in [1.29, 1.82) is 0 Å². The van der Waals surface area contributed by atoms with Gasteiger partial charge in [-0.15, -0.1) is 0 Å². The molecular weight excluding hydrogens is 452 g/mol. The summed E-state index contributed by atoms with van der Waals surface area (Å²) in [5.41, 5.74) is 3.10. The first-order chi connectivity index (χ1) is 16.8. The third-order valence-corrected chi connectivity index (χ3v) is 5.07. The number of carbonyl (C=O) groups excluding carboxylic acids is 2. The highest BCUT2D eigenvalue weighted by Gasteiger charge is 2.19. The molecule has 8 nitrogen and oxygen atoms in total. The summed E-state index contributed by atoms with van der Waals surface area (Å²) < 4.78 is 26.7. The van der Waals surface area contributed by atoms with E-state index in [1.165, 1.54) is 21.1 Å². The standard InChI is InChI=1S/C27H32O8/c1-18(17-31-3)23(24-16-21(27(30)33-5)8-12-26(24)32-4)11-13-25(35-19(2)29)20-6-9-22(10-7-20)34-15-14-28/h6-12,16,25,28H,1,13-15,17H2,2-5H3/b23-11-/t25-/m0/s1. The minimum Gasteiger partial charge on any atom is -0.496 e. The maximum Gasteiger partial charge on any atom is 0.337 e. The number of benzene rings is 2. The van der Waals surface area contributed by atoms with Crippen LogP contribution < -0.4 is 9.47 Å². The van der Waals surface area contributed by atoms with E-state index >= 15 is 0 Å². The molecule has 1 atom stereocenters. The summed E-state index contributed by atoms with van der Waals surface area (Å²) in [6, 6.07) is 12.1. The molecule has 0 radical (unpaired) electrons. The van der Waals surface area contributed by atoms with E-state index in [1.807, 2.05) is 6.08 Å². The van der Waals surface area contributed by atoms with Gasteiger partial charge in [0, 0.05) is 26.0 Å². The molecule has 0 bridgehead atoms. The second-order valence-corrected chi connectivity index (χ2v) is 7.54. The van der Waals surface area contributed by atoms with Crippen LogP contribution in [0.15, 0.2) is 60.7 Å². The highest BCUT2D eigenvalue weighted by atomic mass is 16.5. The van der Waals surface area contributed by atoms with Crippen molar-refractivity contribution in [2.75, 3.05) is 41.2 Å². The quantitative estimate of drug-likeness (QED) is 0.335. The molecule has 0 aliphatic heterocycles. The number of ether oxygens (including phenoxy) is 5. The highest BCUT2D eigenvalue weighted by Crippen LogP contribution is 2.34. The van der Waals surface area contributed by atoms with Gasteiger partial charge in [-0.1, -0.05) is 24.8 Å². The molecule has 2 aromatic carbocycles. The Labute approximate surface area is 205 Å². The van der Waals surface area contributed by atoms with E-state index in [0.29, 0.717) is 40.2 Å². The number of hydrogen-bond donors (Lipinski definition) is 1. The SMILES string of the molecule is C=C(COC)/C(=C/C[C@H](OC(C)=O)c1ccc(OCCO)cc1)c1cc(C(=O)OC)ccc1OC. The molecule has 0 spiro atoms. The van der Waals surface area contributed by atoms with E-state index in [9.17, 15) is 9.59 Å². The molecule has 188 valence electrons. The number of carbonyl (C=O) groups is 2. The number of aliphatic hydroxyl groups is 1. The summed E-state index contributed by atoms with van der Waals surface area (Å²) in [7, 11) is 4.42. The normalized spacial score (nSPS) is 12.0. The van der Waals surface area contributed by atoms with Crippen molar-refractivity contribution in [3.8, 4) is 11.5 Å². The lowest BCUT2D eigenvalue weighted by molar-refractivity contribution is -0.146. The van der Waals surface area contributed by atoms with E-state index in [2.05, 4.69) is 6.58 Å². The molecule has 0 unspecified atom stereocenters. The molecule has 35 heavy (non-hydrogen) atoms. The minimum absolute atomic E-state index is 0.0859. The summed E-state index contributed by atoms with van der Waals surface area (Å²) in [6.07, 6.45) is 1.61. The number of hydrogen-bond acceptors (Lipinski definition) is 8. The first-order valence-electron chi connectivity index (χ1n) is 11.0. The number of methoxy groups -OCH3 is 3. The van der Waals surface area contributed by atoms with Crippen molar-refractivity contribution in [2.45, 2.75) is 19.4 Å². The Bertz CT molecular complexity index is 1040. The summed E-state index contributed by atoms with van der Waals surface area (Å²) >= 11 is 0. The van der Waals surface area contributed by atoms with Crippen molar-refractivity contribution in [3.63, 3.8) is 0 Å². The molecule has 0 saturated heterocycles. The minimum atomic E-state index is -0.584. The lowest BCUT2D eigenvalue weighted by Gasteiger charge is -2.19. The first-order valence-corrected chi connectivity index (χ1v) is 11.0. The zero-order valence-electron chi connectivity index (χ0n) is 20.5. The van der Waals surface area contributed by atoms with Crippen LogP contribution in [0.4, 0.5) is 0 Å². The topological polar surface area (TPSA) is 101 Å². The van der Waals surface area contributed by atoms with Crippen molar-refractivity contribution in [3.05, 3.63) is 77.4 Å². The molecule has 0 aliphatic carbocycles. The van der Waals surface area contributed by atoms with Gasteiger partial charge in [0.15, 0.2) is 0 Å². The zero-order valence-corrected chi connectivity index (χ0v) is 20.5. The van der Waals surface area contributed by atoms with Crippen LogP contribution in [-0.4, -0.2) is 58.2 Å².